The van der Waals surface area contributed by atoms with Crippen molar-refractivity contribution in [3.63, 3.8) is 0 Å². The number of anilines is 3. The first-order chi connectivity index (χ1) is 53.1. The average molecular weight is 1450 g/mol. The largest absolute Gasteiger partial charge is 0.372 e. The fourth-order valence-electron chi connectivity index (χ4n) is 18.4. The van der Waals surface area contributed by atoms with Crippen molar-refractivity contribution in [3.05, 3.63) is 294 Å². The van der Waals surface area contributed by atoms with Crippen LogP contribution in [0.3, 0.4) is 0 Å². The molecule has 10 aromatic rings. The fraction of sp³-hybridized carbons (Fsp3) is 0.350. The zero-order valence-corrected chi connectivity index (χ0v) is 68.2. The van der Waals surface area contributed by atoms with Crippen molar-refractivity contribution in [3.8, 4) is 0 Å². The molecule has 0 spiro atoms. The van der Waals surface area contributed by atoms with Gasteiger partial charge in [0.25, 0.3) is 0 Å². The summed E-state index contributed by atoms with van der Waals surface area (Å²) in [7, 11) is 0. The van der Waals surface area contributed by atoms with Crippen LogP contribution in [0.1, 0.15) is 187 Å². The Morgan fingerprint density at radius 3 is 1.20 bits per heavy atom. The van der Waals surface area contributed by atoms with Crippen LogP contribution in [0.15, 0.2) is 255 Å². The summed E-state index contributed by atoms with van der Waals surface area (Å²) in [4.78, 5) is 7.18. The van der Waals surface area contributed by atoms with Crippen molar-refractivity contribution in [2.24, 2.45) is 5.92 Å². The Bertz CT molecular complexity index is 4980. The van der Waals surface area contributed by atoms with E-state index in [1.165, 1.54) is 161 Å². The molecule has 1 saturated carbocycles. The molecular formula is C103H123N6+3. The minimum atomic E-state index is -0.132. The third kappa shape index (κ3) is 16.7. The topological polar surface area (TPSA) is 18.8 Å². The van der Waals surface area contributed by atoms with Crippen molar-refractivity contribution < 1.29 is 13.7 Å². The third-order valence-corrected chi connectivity index (χ3v) is 24.2. The summed E-state index contributed by atoms with van der Waals surface area (Å²) >= 11 is 0. The molecule has 3 unspecified atom stereocenters. The molecule has 562 valence electrons. The molecule has 0 amide bonds. The first-order valence-electron chi connectivity index (χ1n) is 41.5. The monoisotopic (exact) mass is 1440 g/mol. The van der Waals surface area contributed by atoms with Crippen LogP contribution in [-0.4, -0.2) is 89.3 Å². The van der Waals surface area contributed by atoms with Crippen molar-refractivity contribution in [1.82, 2.24) is 0 Å². The summed E-state index contributed by atoms with van der Waals surface area (Å²) in [5, 5.41) is 8.09. The SMILES string of the molecule is C/C=C/CC1(C)C(/C=C/c2ccc(N(CC)CC)cc2)=[N+](CCC(C)C)c2ccc3ccccc3c21.C=CCC1(C)C(/C=C/c2ccc(N(CC)CC)cc2)=[N+](CCC)c2ccc3ccccc3c21.CCN(CC)c1ccc(/C=C/C2=[N+](C3CCCCC3)c3ccc4ccccc4c3C2(C)Cc2ccccc2)cc1. The van der Waals surface area contributed by atoms with Crippen molar-refractivity contribution in [2.75, 3.05) is 67.1 Å². The quantitative estimate of drug-likeness (QED) is 0.0378. The van der Waals surface area contributed by atoms with Crippen LogP contribution < -0.4 is 14.7 Å². The molecule has 3 heterocycles. The van der Waals surface area contributed by atoms with E-state index < -0.39 is 0 Å². The summed E-state index contributed by atoms with van der Waals surface area (Å²) in [5.74, 6) is 0.661. The Hall–Kier alpha value is -9.91. The second-order valence-corrected chi connectivity index (χ2v) is 31.6. The Morgan fingerprint density at radius 1 is 0.413 bits per heavy atom. The minimum Gasteiger partial charge on any atom is -0.372 e. The van der Waals surface area contributed by atoms with Crippen molar-refractivity contribution in [2.45, 2.75) is 177 Å². The molecule has 6 nitrogen and oxygen atoms in total. The van der Waals surface area contributed by atoms with Gasteiger partial charge in [-0.25, -0.2) is 0 Å². The van der Waals surface area contributed by atoms with Crippen LogP contribution >= 0.6 is 0 Å². The first-order valence-corrected chi connectivity index (χ1v) is 41.5. The van der Waals surface area contributed by atoms with Crippen LogP contribution in [0.2, 0.25) is 0 Å². The predicted octanol–water partition coefficient (Wildman–Crippen LogP) is 25.8. The second kappa shape index (κ2) is 36.1. The molecule has 0 aromatic heterocycles. The lowest BCUT2D eigenvalue weighted by Gasteiger charge is -2.25. The Labute approximate surface area is 655 Å². The van der Waals surface area contributed by atoms with E-state index >= 15 is 0 Å². The minimum absolute atomic E-state index is 0.0860. The lowest BCUT2D eigenvalue weighted by Crippen LogP contribution is -2.36. The van der Waals surface area contributed by atoms with E-state index in [-0.39, 0.29) is 16.2 Å². The van der Waals surface area contributed by atoms with Gasteiger partial charge in [-0.2, -0.15) is 13.7 Å². The van der Waals surface area contributed by atoms with Gasteiger partial charge in [-0.15, -0.1) is 6.58 Å². The smallest absolute Gasteiger partial charge is 0.210 e. The van der Waals surface area contributed by atoms with E-state index in [4.69, 9.17) is 0 Å². The molecule has 3 aliphatic heterocycles. The van der Waals surface area contributed by atoms with Gasteiger partial charge in [0.15, 0.2) is 23.2 Å². The number of hydrogen-bond donors (Lipinski definition) is 0. The Balaban J connectivity index is 0.000000153. The predicted molar refractivity (Wildman–Crippen MR) is 477 cm³/mol. The highest BCUT2D eigenvalue weighted by atomic mass is 15.1. The fourth-order valence-corrected chi connectivity index (χ4v) is 18.4. The lowest BCUT2D eigenvalue weighted by atomic mass is 9.73. The van der Waals surface area contributed by atoms with Gasteiger partial charge >= 0.3 is 0 Å². The van der Waals surface area contributed by atoms with E-state index in [1.807, 2.05) is 0 Å². The third-order valence-electron chi connectivity index (χ3n) is 24.2. The molecule has 1 fully saturated rings. The normalized spacial score (nSPS) is 18.4. The number of rotatable bonds is 27. The van der Waals surface area contributed by atoms with Gasteiger partial charge in [-0.1, -0.05) is 185 Å². The Morgan fingerprint density at radius 2 is 0.798 bits per heavy atom. The second-order valence-electron chi connectivity index (χ2n) is 31.6. The molecule has 0 saturated heterocycles. The zero-order chi connectivity index (χ0) is 76.7. The average Bonchev–Trinajstić information content (AvgIpc) is 1.92. The van der Waals surface area contributed by atoms with Crippen LogP contribution in [0.4, 0.5) is 34.1 Å². The maximum Gasteiger partial charge on any atom is 0.210 e. The summed E-state index contributed by atoms with van der Waals surface area (Å²) in [6.07, 6.45) is 32.5. The first kappa shape index (κ1) is 78.7. The highest BCUT2D eigenvalue weighted by Gasteiger charge is 2.52. The summed E-state index contributed by atoms with van der Waals surface area (Å²) in [6, 6.07) is 79.4. The van der Waals surface area contributed by atoms with Crippen molar-refractivity contribution >= 4 is 102 Å². The van der Waals surface area contributed by atoms with Gasteiger partial charge in [0.1, 0.15) is 13.1 Å². The van der Waals surface area contributed by atoms with Gasteiger partial charge < -0.3 is 14.7 Å². The molecule has 3 atom stereocenters. The maximum atomic E-state index is 4.13. The molecular weight excluding hydrogens is 1320 g/mol. The van der Waals surface area contributed by atoms with Crippen LogP contribution in [0.25, 0.3) is 50.5 Å². The van der Waals surface area contributed by atoms with Gasteiger partial charge in [-0.3, -0.25) is 0 Å². The molecule has 109 heavy (non-hydrogen) atoms. The van der Waals surface area contributed by atoms with Gasteiger partial charge in [0.05, 0.1) is 16.2 Å². The zero-order valence-electron chi connectivity index (χ0n) is 68.2. The molecule has 1 aliphatic carbocycles. The summed E-state index contributed by atoms with van der Waals surface area (Å²) in [5.41, 5.74) is 21.4. The lowest BCUT2D eigenvalue weighted by molar-refractivity contribution is -0.487. The summed E-state index contributed by atoms with van der Waals surface area (Å²) in [6.45, 7) is 42.0. The standard InChI is InChI=1S/C38H43N2.C34H43N2.C31H37N2/c1-4-39(5-2)32-24-20-29(21-25-32)22-27-36-38(3,28-30-14-8-6-9-15-30)37-34-19-13-12-16-31(34)23-26-35(37)40(36)33-17-10-7-11-18-33;1-7-10-24-34(6)32(22-17-27-15-19-29(20-16-27)35(8-2)9-3)36(25-23-26(4)5)31-21-18-28-13-11-12-14-30(28)33(31)34;1-6-22-31(5)29(21-16-24-14-18-26(19-15-24)32(8-3)9-4)33(23-7-2)28-20-17-25-12-10-11-13-27(25)30(28)31/h6,8-9,12-16,19-27,33H,4-5,7,10-11,17-18,28H2,1-3H3;7,10-22,26H,8-9,23-25H2,1-6H3;6,10-21H,1,7-9,22-23H2,2-5H3/q3*+1/b;10-7+;. The van der Waals surface area contributed by atoms with E-state index in [2.05, 4.69) is 392 Å². The van der Waals surface area contributed by atoms with Crippen molar-refractivity contribution in [1.29, 1.82) is 0 Å². The van der Waals surface area contributed by atoms with E-state index in [0.717, 1.165) is 78.0 Å². The number of nitrogens with zero attached hydrogens (tertiary/aromatic N) is 6. The molecule has 0 bridgehead atoms. The number of fused-ring (bicyclic) bond motifs is 9. The van der Waals surface area contributed by atoms with E-state index in [9.17, 15) is 0 Å². The highest BCUT2D eigenvalue weighted by molar-refractivity contribution is 6.12. The van der Waals surface area contributed by atoms with Crippen LogP contribution in [0.5, 0.6) is 0 Å². The molecule has 4 aliphatic rings. The molecule has 0 N–H and O–H groups in total. The Kier molecular flexibility index (Phi) is 26.0. The molecule has 0 radical (unpaired) electrons. The summed E-state index contributed by atoms with van der Waals surface area (Å²) < 4.78 is 7.89. The molecule has 10 aromatic carbocycles. The van der Waals surface area contributed by atoms with Gasteiger partial charge in [0.2, 0.25) is 17.1 Å². The molecule has 6 heteroatoms. The molecule has 14 rings (SSSR count). The van der Waals surface area contributed by atoms with Gasteiger partial charge in [0, 0.05) is 135 Å². The highest BCUT2D eigenvalue weighted by Crippen LogP contribution is 2.51. The van der Waals surface area contributed by atoms with Crippen LogP contribution in [-0.2, 0) is 22.7 Å². The van der Waals surface area contributed by atoms with E-state index in [1.54, 1.807) is 0 Å². The van der Waals surface area contributed by atoms with Crippen LogP contribution in [0, 0.1) is 5.92 Å². The van der Waals surface area contributed by atoms with Gasteiger partial charge in [-0.05, 0) is 235 Å². The number of allylic oxidation sites excluding steroid dienone is 6. The maximum absolute atomic E-state index is 4.13. The number of benzene rings is 10. The van der Waals surface area contributed by atoms with E-state index in [0.29, 0.717) is 12.0 Å². The number of hydrogen-bond acceptors (Lipinski definition) is 3.